The lowest BCUT2D eigenvalue weighted by Crippen LogP contribution is -2.48. The summed E-state index contributed by atoms with van der Waals surface area (Å²) in [5.41, 5.74) is 0.590. The lowest BCUT2D eigenvalue weighted by Gasteiger charge is -2.41. The molecule has 2 atom stereocenters. The molecule has 1 nitrogen and oxygen atoms in total. The van der Waals surface area contributed by atoms with E-state index >= 15 is 0 Å². The predicted octanol–water partition coefficient (Wildman–Crippen LogP) is 3.98. The molecular formula is C16H29N. The molecule has 17 heavy (non-hydrogen) atoms. The average molecular weight is 235 g/mol. The molecule has 0 amide bonds. The molecule has 0 saturated heterocycles. The topological polar surface area (TPSA) is 12.0 Å². The van der Waals surface area contributed by atoms with Crippen LogP contribution in [0.3, 0.4) is 0 Å². The fraction of sp³-hybridized carbons (Fsp3) is 1.00. The van der Waals surface area contributed by atoms with Crippen LogP contribution in [0, 0.1) is 23.2 Å². The van der Waals surface area contributed by atoms with Crippen molar-refractivity contribution >= 4 is 0 Å². The molecule has 0 aliphatic heterocycles. The van der Waals surface area contributed by atoms with Crippen LogP contribution in [0.1, 0.15) is 65.7 Å². The molecule has 3 saturated carbocycles. The van der Waals surface area contributed by atoms with Gasteiger partial charge in [0.2, 0.25) is 0 Å². The molecule has 0 aromatic rings. The van der Waals surface area contributed by atoms with Crippen LogP contribution in [0.25, 0.3) is 0 Å². The van der Waals surface area contributed by atoms with E-state index in [-0.39, 0.29) is 0 Å². The largest absolute Gasteiger partial charge is 0.310 e. The van der Waals surface area contributed by atoms with E-state index in [9.17, 15) is 0 Å². The maximum Gasteiger partial charge on any atom is 0.0126 e. The van der Waals surface area contributed by atoms with Gasteiger partial charge in [0.1, 0.15) is 0 Å². The van der Waals surface area contributed by atoms with Crippen LogP contribution in [-0.2, 0) is 0 Å². The maximum absolute atomic E-state index is 4.07. The van der Waals surface area contributed by atoms with Crippen molar-refractivity contribution in [2.45, 2.75) is 77.8 Å². The highest BCUT2D eigenvalue weighted by atomic mass is 15.0. The van der Waals surface area contributed by atoms with Gasteiger partial charge in [-0.05, 0) is 68.1 Å². The second-order valence-electron chi connectivity index (χ2n) is 7.86. The normalized spacial score (nSPS) is 37.4. The minimum absolute atomic E-state index is 0.590. The first kappa shape index (κ1) is 12.0. The van der Waals surface area contributed by atoms with Gasteiger partial charge in [-0.2, -0.15) is 0 Å². The summed E-state index contributed by atoms with van der Waals surface area (Å²) in [6.07, 6.45) is 10.2. The van der Waals surface area contributed by atoms with Crippen LogP contribution in [-0.4, -0.2) is 12.1 Å². The highest BCUT2D eigenvalue weighted by Gasteiger charge is 2.43. The molecule has 0 aromatic carbocycles. The van der Waals surface area contributed by atoms with Gasteiger partial charge in [0.05, 0.1) is 0 Å². The Morgan fingerprint density at radius 3 is 2.06 bits per heavy atom. The van der Waals surface area contributed by atoms with Gasteiger partial charge < -0.3 is 5.32 Å². The third-order valence-electron chi connectivity index (χ3n) is 5.36. The van der Waals surface area contributed by atoms with E-state index < -0.39 is 0 Å². The first-order valence-corrected chi connectivity index (χ1v) is 7.81. The smallest absolute Gasteiger partial charge is 0.0126 e. The van der Waals surface area contributed by atoms with E-state index in [4.69, 9.17) is 0 Å². The Labute approximate surface area is 107 Å². The fourth-order valence-corrected chi connectivity index (χ4v) is 4.01. The van der Waals surface area contributed by atoms with Crippen LogP contribution >= 0.6 is 0 Å². The molecule has 1 N–H and O–H groups in total. The van der Waals surface area contributed by atoms with Crippen LogP contribution in [0.2, 0.25) is 0 Å². The van der Waals surface area contributed by atoms with Gasteiger partial charge in [-0.1, -0.05) is 20.8 Å². The van der Waals surface area contributed by atoms with Crippen molar-refractivity contribution < 1.29 is 0 Å². The Balaban J connectivity index is 1.57. The summed E-state index contributed by atoms with van der Waals surface area (Å²) < 4.78 is 0. The lowest BCUT2D eigenvalue weighted by molar-refractivity contribution is 0.135. The Morgan fingerprint density at radius 1 is 1.00 bits per heavy atom. The SMILES string of the molecule is CC1CC(C)(C)CCC1NC(C1CC1)C1CC1. The highest BCUT2D eigenvalue weighted by molar-refractivity contribution is 4.99. The van der Waals surface area contributed by atoms with Crippen molar-refractivity contribution in [2.75, 3.05) is 0 Å². The first-order valence-electron chi connectivity index (χ1n) is 7.81. The van der Waals surface area contributed by atoms with Crippen LogP contribution in [0.4, 0.5) is 0 Å². The Kier molecular flexibility index (Phi) is 3.01. The molecule has 0 aromatic heterocycles. The second-order valence-corrected chi connectivity index (χ2v) is 7.86. The molecule has 3 rings (SSSR count). The van der Waals surface area contributed by atoms with Crippen molar-refractivity contribution in [2.24, 2.45) is 23.2 Å². The molecule has 0 radical (unpaired) electrons. The van der Waals surface area contributed by atoms with Gasteiger partial charge in [0, 0.05) is 12.1 Å². The summed E-state index contributed by atoms with van der Waals surface area (Å²) in [5.74, 6) is 2.97. The zero-order valence-electron chi connectivity index (χ0n) is 11.8. The maximum atomic E-state index is 4.07. The highest BCUT2D eigenvalue weighted by Crippen LogP contribution is 2.46. The van der Waals surface area contributed by atoms with Crippen molar-refractivity contribution in [3.05, 3.63) is 0 Å². The first-order chi connectivity index (χ1) is 8.05. The molecule has 3 fully saturated rings. The van der Waals surface area contributed by atoms with Crippen molar-refractivity contribution in [3.63, 3.8) is 0 Å². The second kappa shape index (κ2) is 4.26. The number of nitrogens with one attached hydrogen (secondary N) is 1. The van der Waals surface area contributed by atoms with Gasteiger partial charge in [-0.3, -0.25) is 0 Å². The van der Waals surface area contributed by atoms with E-state index in [1.165, 1.54) is 44.9 Å². The third-order valence-corrected chi connectivity index (χ3v) is 5.36. The van der Waals surface area contributed by atoms with Crippen molar-refractivity contribution in [3.8, 4) is 0 Å². The minimum atomic E-state index is 0.590. The summed E-state index contributed by atoms with van der Waals surface area (Å²) in [5, 5.41) is 4.07. The molecule has 3 aliphatic carbocycles. The number of rotatable bonds is 4. The van der Waals surface area contributed by atoms with E-state index in [1.54, 1.807) is 0 Å². The zero-order valence-corrected chi connectivity index (χ0v) is 11.8. The standard InChI is InChI=1S/C16H29N/c1-11-10-16(2,3)9-8-14(11)17-15(12-4-5-12)13-6-7-13/h11-15,17H,4-10H2,1-3H3. The summed E-state index contributed by atoms with van der Waals surface area (Å²) >= 11 is 0. The van der Waals surface area contributed by atoms with E-state index in [0.29, 0.717) is 5.41 Å². The Morgan fingerprint density at radius 2 is 1.59 bits per heavy atom. The molecule has 0 bridgehead atoms. The van der Waals surface area contributed by atoms with Gasteiger partial charge in [0.15, 0.2) is 0 Å². The van der Waals surface area contributed by atoms with E-state index in [0.717, 1.165) is 29.8 Å². The van der Waals surface area contributed by atoms with Gasteiger partial charge >= 0.3 is 0 Å². The molecule has 0 heterocycles. The van der Waals surface area contributed by atoms with Crippen molar-refractivity contribution in [1.29, 1.82) is 0 Å². The molecular weight excluding hydrogens is 206 g/mol. The quantitative estimate of drug-likeness (QED) is 0.777. The third kappa shape index (κ3) is 2.86. The number of hydrogen-bond acceptors (Lipinski definition) is 1. The molecule has 0 spiro atoms. The fourth-order valence-electron chi connectivity index (χ4n) is 4.01. The van der Waals surface area contributed by atoms with E-state index in [1.807, 2.05) is 0 Å². The van der Waals surface area contributed by atoms with Crippen molar-refractivity contribution in [1.82, 2.24) is 5.32 Å². The van der Waals surface area contributed by atoms with Gasteiger partial charge in [-0.25, -0.2) is 0 Å². The molecule has 3 aliphatic rings. The monoisotopic (exact) mass is 235 g/mol. The van der Waals surface area contributed by atoms with Crippen LogP contribution < -0.4 is 5.32 Å². The molecule has 2 unspecified atom stereocenters. The summed E-state index contributed by atoms with van der Waals surface area (Å²) in [6, 6.07) is 1.71. The van der Waals surface area contributed by atoms with E-state index in [2.05, 4.69) is 26.1 Å². The van der Waals surface area contributed by atoms with Gasteiger partial charge in [0.25, 0.3) is 0 Å². The van der Waals surface area contributed by atoms with Gasteiger partial charge in [-0.15, -0.1) is 0 Å². The zero-order chi connectivity index (χ0) is 12.0. The summed E-state index contributed by atoms with van der Waals surface area (Å²) in [7, 11) is 0. The van der Waals surface area contributed by atoms with Crippen LogP contribution in [0.5, 0.6) is 0 Å². The summed E-state index contributed by atoms with van der Waals surface area (Å²) in [6.45, 7) is 7.35. The predicted molar refractivity (Wildman–Crippen MR) is 73.0 cm³/mol. The minimum Gasteiger partial charge on any atom is -0.310 e. The Bertz CT molecular complexity index is 263. The Hall–Kier alpha value is -0.0400. The average Bonchev–Trinajstić information content (AvgIpc) is 3.11. The molecule has 98 valence electrons. The lowest BCUT2D eigenvalue weighted by atomic mass is 9.70. The summed E-state index contributed by atoms with van der Waals surface area (Å²) in [4.78, 5) is 0. The van der Waals surface area contributed by atoms with Crippen LogP contribution in [0.15, 0.2) is 0 Å². The molecule has 1 heteroatoms. The number of hydrogen-bond donors (Lipinski definition) is 1.